The van der Waals surface area contributed by atoms with E-state index < -0.39 is 41.0 Å². The molecule has 1 aromatic heterocycles. The molecule has 0 unspecified atom stereocenters. The summed E-state index contributed by atoms with van der Waals surface area (Å²) in [7, 11) is 1.09. The molecule has 13 heteroatoms. The third kappa shape index (κ3) is 5.69. The number of carbonyl (C=O) groups is 3. The van der Waals surface area contributed by atoms with E-state index in [0.29, 0.717) is 16.3 Å². The summed E-state index contributed by atoms with van der Waals surface area (Å²) < 4.78 is 45.4. The minimum atomic E-state index is -4.74. The molecule has 0 bridgehead atoms. The zero-order valence-corrected chi connectivity index (χ0v) is 18.5. The van der Waals surface area contributed by atoms with Gasteiger partial charge in [-0.15, -0.1) is 0 Å². The van der Waals surface area contributed by atoms with Gasteiger partial charge < -0.3 is 10.1 Å². The number of amides is 3. The van der Waals surface area contributed by atoms with E-state index in [-0.39, 0.29) is 16.3 Å². The number of halogens is 4. The highest BCUT2D eigenvalue weighted by Gasteiger charge is 2.39. The Morgan fingerprint density at radius 2 is 1.69 bits per heavy atom. The quantitative estimate of drug-likeness (QED) is 0.583. The molecule has 32 heavy (non-hydrogen) atoms. The highest BCUT2D eigenvalue weighted by molar-refractivity contribution is 6.31. The molecule has 0 atom stereocenters. The van der Waals surface area contributed by atoms with Crippen molar-refractivity contribution < 1.29 is 32.3 Å². The van der Waals surface area contributed by atoms with E-state index in [2.05, 4.69) is 20.6 Å². The Kier molecular flexibility index (Phi) is 7.08. The van der Waals surface area contributed by atoms with Crippen molar-refractivity contribution in [3.05, 3.63) is 45.7 Å². The maximum atomic E-state index is 13.4. The predicted molar refractivity (Wildman–Crippen MR) is 109 cm³/mol. The minimum Gasteiger partial charge on any atom is -0.452 e. The first-order chi connectivity index (χ1) is 14.6. The van der Waals surface area contributed by atoms with E-state index >= 15 is 0 Å². The topological polar surface area (TPSA) is 114 Å². The lowest BCUT2D eigenvalue weighted by atomic mass is 10.1. The first-order valence-corrected chi connectivity index (χ1v) is 9.46. The molecule has 1 heterocycles. The number of benzene rings is 1. The molecule has 0 aliphatic rings. The van der Waals surface area contributed by atoms with Gasteiger partial charge in [-0.3, -0.25) is 19.7 Å². The SMILES string of the molecule is COC(=O)NNC(=O)c1cc(Cl)cc(C)c1NC(=O)c1cc(C(F)(F)F)n(C(C)(C)C)n1. The second-order valence-electron chi connectivity index (χ2n) is 7.67. The van der Waals surface area contributed by atoms with Crippen molar-refractivity contribution in [2.75, 3.05) is 12.4 Å². The van der Waals surface area contributed by atoms with Gasteiger partial charge in [-0.25, -0.2) is 10.2 Å². The molecule has 3 amide bonds. The van der Waals surface area contributed by atoms with Crippen molar-refractivity contribution >= 4 is 35.2 Å². The lowest BCUT2D eigenvalue weighted by Gasteiger charge is -2.23. The Labute approximate surface area is 186 Å². The second-order valence-corrected chi connectivity index (χ2v) is 8.10. The Hall–Kier alpha value is -3.28. The Morgan fingerprint density at radius 1 is 1.06 bits per heavy atom. The summed E-state index contributed by atoms with van der Waals surface area (Å²) >= 11 is 5.99. The molecule has 1 aromatic carbocycles. The summed E-state index contributed by atoms with van der Waals surface area (Å²) in [5.74, 6) is -1.83. The van der Waals surface area contributed by atoms with Gasteiger partial charge in [0, 0.05) is 11.1 Å². The van der Waals surface area contributed by atoms with Gasteiger partial charge in [-0.1, -0.05) is 11.6 Å². The monoisotopic (exact) mass is 475 g/mol. The summed E-state index contributed by atoms with van der Waals surface area (Å²) in [6.07, 6.45) is -5.69. The van der Waals surface area contributed by atoms with Crippen LogP contribution in [0.5, 0.6) is 0 Å². The molecule has 0 fully saturated rings. The molecule has 9 nitrogen and oxygen atoms in total. The number of anilines is 1. The van der Waals surface area contributed by atoms with Crippen LogP contribution < -0.4 is 16.2 Å². The molecule has 3 N–H and O–H groups in total. The van der Waals surface area contributed by atoms with Crippen LogP contribution >= 0.6 is 11.6 Å². The number of aryl methyl sites for hydroxylation is 1. The van der Waals surface area contributed by atoms with Crippen LogP contribution in [0.2, 0.25) is 5.02 Å². The molecule has 0 saturated heterocycles. The highest BCUT2D eigenvalue weighted by Crippen LogP contribution is 2.33. The minimum absolute atomic E-state index is 0.0255. The Bertz CT molecular complexity index is 1030. The number of carbonyl (C=O) groups excluding carboxylic acids is 3. The van der Waals surface area contributed by atoms with Gasteiger partial charge in [-0.05, 0) is 45.4 Å². The second kappa shape index (κ2) is 9.07. The normalized spacial score (nSPS) is 11.7. The number of nitrogens with one attached hydrogen (secondary N) is 3. The van der Waals surface area contributed by atoms with Crippen molar-refractivity contribution in [2.45, 2.75) is 39.4 Å². The van der Waals surface area contributed by atoms with Crippen molar-refractivity contribution in [2.24, 2.45) is 0 Å². The summed E-state index contributed by atoms with van der Waals surface area (Å²) in [4.78, 5) is 36.4. The van der Waals surface area contributed by atoms with E-state index in [4.69, 9.17) is 11.6 Å². The van der Waals surface area contributed by atoms with Gasteiger partial charge in [-0.2, -0.15) is 18.3 Å². The number of methoxy groups -OCH3 is 1. The van der Waals surface area contributed by atoms with Crippen LogP contribution in [0.15, 0.2) is 18.2 Å². The first kappa shape index (κ1) is 25.0. The fourth-order valence-electron chi connectivity index (χ4n) is 2.70. The van der Waals surface area contributed by atoms with Crippen molar-refractivity contribution in [1.29, 1.82) is 0 Å². The third-order valence-corrected chi connectivity index (χ3v) is 4.33. The van der Waals surface area contributed by atoms with Crippen molar-refractivity contribution in [3.8, 4) is 0 Å². The number of hydrogen-bond donors (Lipinski definition) is 3. The van der Waals surface area contributed by atoms with Gasteiger partial charge >= 0.3 is 12.3 Å². The molecule has 0 aliphatic heterocycles. The van der Waals surface area contributed by atoms with Crippen LogP contribution in [0.1, 0.15) is 52.9 Å². The fourth-order valence-corrected chi connectivity index (χ4v) is 2.97. The lowest BCUT2D eigenvalue weighted by molar-refractivity contribution is -0.146. The Balaban J connectivity index is 2.43. The van der Waals surface area contributed by atoms with E-state index in [1.54, 1.807) is 0 Å². The maximum Gasteiger partial charge on any atom is 0.433 e. The number of nitrogens with zero attached hydrogens (tertiary/aromatic N) is 2. The Morgan fingerprint density at radius 3 is 2.19 bits per heavy atom. The summed E-state index contributed by atoms with van der Waals surface area (Å²) in [6.45, 7) is 6.06. The molecule has 0 saturated carbocycles. The zero-order valence-electron chi connectivity index (χ0n) is 17.8. The molecule has 0 aliphatic carbocycles. The summed E-state index contributed by atoms with van der Waals surface area (Å²) in [5.41, 5.74) is 1.57. The molecule has 174 valence electrons. The van der Waals surface area contributed by atoms with Crippen LogP contribution in [-0.2, 0) is 16.5 Å². The van der Waals surface area contributed by atoms with Gasteiger partial charge in [0.05, 0.1) is 23.9 Å². The van der Waals surface area contributed by atoms with Crippen LogP contribution in [0.25, 0.3) is 0 Å². The van der Waals surface area contributed by atoms with E-state index in [0.717, 1.165) is 7.11 Å². The first-order valence-electron chi connectivity index (χ1n) is 9.08. The number of aromatic nitrogens is 2. The largest absolute Gasteiger partial charge is 0.452 e. The number of alkyl halides is 3. The molecular formula is C19H21ClF3N5O4. The van der Waals surface area contributed by atoms with Gasteiger partial charge in [0.2, 0.25) is 0 Å². The maximum absolute atomic E-state index is 13.4. The van der Waals surface area contributed by atoms with Crippen LogP contribution in [0.4, 0.5) is 23.7 Å². The van der Waals surface area contributed by atoms with E-state index in [1.807, 2.05) is 5.43 Å². The van der Waals surface area contributed by atoms with Crippen LogP contribution in [0, 0.1) is 6.92 Å². The smallest absolute Gasteiger partial charge is 0.433 e. The van der Waals surface area contributed by atoms with E-state index in [1.165, 1.54) is 39.8 Å². The highest BCUT2D eigenvalue weighted by atomic mass is 35.5. The lowest BCUT2D eigenvalue weighted by Crippen LogP contribution is -2.41. The summed E-state index contributed by atoms with van der Waals surface area (Å²) in [5, 5.41) is 6.38. The molecular weight excluding hydrogens is 455 g/mol. The number of hydrazine groups is 1. The van der Waals surface area contributed by atoms with Gasteiger partial charge in [0.25, 0.3) is 11.8 Å². The third-order valence-electron chi connectivity index (χ3n) is 4.11. The van der Waals surface area contributed by atoms with Crippen LogP contribution in [-0.4, -0.2) is 34.8 Å². The predicted octanol–water partition coefficient (Wildman–Crippen LogP) is 3.87. The standard InChI is InChI=1S/C19H21ClF3N5O4/c1-9-6-10(20)7-11(15(29)25-26-17(31)32-5)14(9)24-16(30)12-8-13(19(21,22)23)28(27-12)18(2,3)4/h6-8H,1-5H3,(H,24,30)(H,25,29)(H,26,31). The zero-order chi connectivity index (χ0) is 24.4. The molecule has 2 aromatic rings. The fraction of sp³-hybridized carbons (Fsp3) is 0.368. The van der Waals surface area contributed by atoms with Gasteiger partial charge in [0.15, 0.2) is 5.69 Å². The van der Waals surface area contributed by atoms with Crippen LogP contribution in [0.3, 0.4) is 0 Å². The summed E-state index contributed by atoms with van der Waals surface area (Å²) in [6, 6.07) is 3.29. The number of rotatable bonds is 3. The molecule has 2 rings (SSSR count). The molecule has 0 radical (unpaired) electrons. The van der Waals surface area contributed by atoms with Gasteiger partial charge in [0.1, 0.15) is 5.69 Å². The van der Waals surface area contributed by atoms with Crippen molar-refractivity contribution in [3.63, 3.8) is 0 Å². The average molecular weight is 476 g/mol. The average Bonchev–Trinajstić information content (AvgIpc) is 3.14. The number of hydrogen-bond acceptors (Lipinski definition) is 5. The number of ether oxygens (including phenoxy) is 1. The van der Waals surface area contributed by atoms with E-state index in [9.17, 15) is 27.6 Å². The molecule has 0 spiro atoms. The van der Waals surface area contributed by atoms with Crippen molar-refractivity contribution in [1.82, 2.24) is 20.6 Å².